The Morgan fingerprint density at radius 3 is 2.41 bits per heavy atom. The number of hydrogen-bond donors (Lipinski definition) is 1. The minimum atomic E-state index is 0.0154. The smallest absolute Gasteiger partial charge is 0.176 e. The van der Waals surface area contributed by atoms with Gasteiger partial charge in [0.2, 0.25) is 0 Å². The normalized spacial score (nSPS) is 15.7. The third-order valence-electron chi connectivity index (χ3n) is 5.43. The molecule has 3 rings (SSSR count). The number of carbonyl (C=O) groups excluding carboxylic acids is 1. The molecule has 1 aliphatic heterocycles. The molecule has 1 atom stereocenters. The van der Waals surface area contributed by atoms with Crippen LogP contribution in [-0.2, 0) is 0 Å². The topological polar surface area (TPSA) is 50.8 Å². The van der Waals surface area contributed by atoms with Gasteiger partial charge in [0.25, 0.3) is 0 Å². The lowest BCUT2D eigenvalue weighted by Crippen LogP contribution is -2.40. The van der Waals surface area contributed by atoms with Crippen LogP contribution in [0.2, 0.25) is 5.02 Å². The van der Waals surface area contributed by atoms with Crippen LogP contribution < -0.4 is 14.8 Å². The van der Waals surface area contributed by atoms with E-state index in [2.05, 4.69) is 22.3 Å². The Morgan fingerprint density at radius 1 is 1.07 bits per heavy atom. The molecule has 0 aliphatic carbocycles. The van der Waals surface area contributed by atoms with E-state index >= 15 is 0 Å². The first-order valence-electron chi connectivity index (χ1n) is 10.1. The average molecular weight is 417 g/mol. The first-order chi connectivity index (χ1) is 14.1. The highest BCUT2D eigenvalue weighted by Gasteiger charge is 2.22. The molecule has 1 heterocycles. The Balaban J connectivity index is 1.64. The second-order valence-electron chi connectivity index (χ2n) is 7.29. The summed E-state index contributed by atoms with van der Waals surface area (Å²) in [5.74, 6) is 1.44. The molecule has 0 saturated carbocycles. The van der Waals surface area contributed by atoms with Gasteiger partial charge in [-0.1, -0.05) is 30.2 Å². The van der Waals surface area contributed by atoms with Crippen molar-refractivity contribution >= 4 is 17.4 Å². The summed E-state index contributed by atoms with van der Waals surface area (Å²) in [5, 5.41) is 3.81. The fourth-order valence-electron chi connectivity index (χ4n) is 3.78. The van der Waals surface area contributed by atoms with Gasteiger partial charge in [-0.3, -0.25) is 9.69 Å². The first kappa shape index (κ1) is 21.6. The molecule has 0 amide bonds. The van der Waals surface area contributed by atoms with E-state index < -0.39 is 0 Å². The van der Waals surface area contributed by atoms with Gasteiger partial charge in [-0.05, 0) is 61.8 Å². The third kappa shape index (κ3) is 5.72. The van der Waals surface area contributed by atoms with Crippen molar-refractivity contribution in [2.75, 3.05) is 40.4 Å². The zero-order chi connectivity index (χ0) is 20.6. The molecule has 1 saturated heterocycles. The van der Waals surface area contributed by atoms with Gasteiger partial charge in [-0.15, -0.1) is 0 Å². The van der Waals surface area contributed by atoms with Crippen molar-refractivity contribution < 1.29 is 14.3 Å². The van der Waals surface area contributed by atoms with Crippen LogP contribution >= 0.6 is 11.6 Å². The Hall–Kier alpha value is -2.08. The van der Waals surface area contributed by atoms with E-state index in [4.69, 9.17) is 21.1 Å². The molecule has 29 heavy (non-hydrogen) atoms. The van der Waals surface area contributed by atoms with Crippen molar-refractivity contribution in [1.82, 2.24) is 10.2 Å². The van der Waals surface area contributed by atoms with Crippen LogP contribution in [-0.4, -0.2) is 51.1 Å². The zero-order valence-electron chi connectivity index (χ0n) is 17.1. The Kier molecular flexibility index (Phi) is 7.92. The molecule has 0 radical (unpaired) electrons. The summed E-state index contributed by atoms with van der Waals surface area (Å²) in [4.78, 5) is 15.1. The van der Waals surface area contributed by atoms with Crippen molar-refractivity contribution in [2.24, 2.45) is 0 Å². The predicted octanol–water partition coefficient (Wildman–Crippen LogP) is 4.36. The quantitative estimate of drug-likeness (QED) is 0.615. The summed E-state index contributed by atoms with van der Waals surface area (Å²) < 4.78 is 10.4. The summed E-state index contributed by atoms with van der Waals surface area (Å²) in [6.07, 6.45) is 3.72. The molecule has 156 valence electrons. The number of benzene rings is 2. The van der Waals surface area contributed by atoms with Gasteiger partial charge in [0.15, 0.2) is 5.78 Å². The van der Waals surface area contributed by atoms with E-state index in [1.807, 2.05) is 12.1 Å². The van der Waals surface area contributed by atoms with Gasteiger partial charge in [0.1, 0.15) is 11.5 Å². The SMILES string of the molecule is COc1ccc(C(CNCC(=O)c2ccc(OC)c(Cl)c2)N2CCCCC2)cc1. The van der Waals surface area contributed by atoms with Gasteiger partial charge in [0.05, 0.1) is 25.8 Å². The summed E-state index contributed by atoms with van der Waals surface area (Å²) in [7, 11) is 3.24. The monoisotopic (exact) mass is 416 g/mol. The number of ketones is 1. The predicted molar refractivity (Wildman–Crippen MR) is 116 cm³/mol. The van der Waals surface area contributed by atoms with Crippen LogP contribution in [0.25, 0.3) is 0 Å². The van der Waals surface area contributed by atoms with E-state index in [9.17, 15) is 4.79 Å². The lowest BCUT2D eigenvalue weighted by atomic mass is 10.0. The van der Waals surface area contributed by atoms with Crippen LogP contribution in [0.1, 0.15) is 41.2 Å². The van der Waals surface area contributed by atoms with Crippen LogP contribution in [0.5, 0.6) is 11.5 Å². The molecule has 2 aromatic carbocycles. The van der Waals surface area contributed by atoms with Crippen LogP contribution in [0.3, 0.4) is 0 Å². The van der Waals surface area contributed by atoms with Gasteiger partial charge in [-0.2, -0.15) is 0 Å². The molecule has 1 fully saturated rings. The minimum absolute atomic E-state index is 0.0154. The number of carbonyl (C=O) groups is 1. The largest absolute Gasteiger partial charge is 0.497 e. The maximum atomic E-state index is 12.6. The molecular weight excluding hydrogens is 388 g/mol. The lowest BCUT2D eigenvalue weighted by Gasteiger charge is -2.35. The average Bonchev–Trinajstić information content (AvgIpc) is 2.77. The molecule has 5 nitrogen and oxygen atoms in total. The van der Waals surface area contributed by atoms with Crippen LogP contribution in [0.15, 0.2) is 42.5 Å². The molecule has 1 aliphatic rings. The summed E-state index contributed by atoms with van der Waals surface area (Å²) >= 11 is 6.15. The Morgan fingerprint density at radius 2 is 1.79 bits per heavy atom. The minimum Gasteiger partial charge on any atom is -0.497 e. The van der Waals surface area contributed by atoms with Crippen LogP contribution in [0.4, 0.5) is 0 Å². The molecular formula is C23H29ClN2O3. The molecule has 6 heteroatoms. The maximum Gasteiger partial charge on any atom is 0.176 e. The number of ether oxygens (including phenoxy) is 2. The number of nitrogens with zero attached hydrogens (tertiary/aromatic N) is 1. The van der Waals surface area contributed by atoms with E-state index in [1.54, 1.807) is 32.4 Å². The van der Waals surface area contributed by atoms with E-state index in [0.29, 0.717) is 22.9 Å². The van der Waals surface area contributed by atoms with E-state index in [-0.39, 0.29) is 18.4 Å². The van der Waals surface area contributed by atoms with Crippen molar-refractivity contribution in [2.45, 2.75) is 25.3 Å². The summed E-state index contributed by atoms with van der Waals surface area (Å²) in [6.45, 7) is 3.14. The lowest BCUT2D eigenvalue weighted by molar-refractivity contribution is 0.0983. The highest BCUT2D eigenvalue weighted by molar-refractivity contribution is 6.32. The van der Waals surface area contributed by atoms with Gasteiger partial charge >= 0.3 is 0 Å². The second-order valence-corrected chi connectivity index (χ2v) is 7.70. The molecule has 2 aromatic rings. The third-order valence-corrected chi connectivity index (χ3v) is 5.72. The molecule has 1 N–H and O–H groups in total. The fourth-order valence-corrected chi connectivity index (χ4v) is 4.04. The second kappa shape index (κ2) is 10.6. The van der Waals surface area contributed by atoms with E-state index in [1.165, 1.54) is 24.8 Å². The van der Waals surface area contributed by atoms with Gasteiger partial charge in [0, 0.05) is 18.2 Å². The molecule has 0 aromatic heterocycles. The van der Waals surface area contributed by atoms with Gasteiger partial charge < -0.3 is 14.8 Å². The number of piperidine rings is 1. The number of hydrogen-bond acceptors (Lipinski definition) is 5. The standard InChI is InChI=1S/C23H29ClN2O3/c1-28-19-9-6-17(7-10-19)21(26-12-4-3-5-13-26)15-25-16-22(27)18-8-11-23(29-2)20(24)14-18/h6-11,14,21,25H,3-5,12-13,15-16H2,1-2H3. The summed E-state index contributed by atoms with van der Waals surface area (Å²) in [5.41, 5.74) is 1.82. The number of nitrogens with one attached hydrogen (secondary N) is 1. The molecule has 0 bridgehead atoms. The van der Waals surface area contributed by atoms with Crippen LogP contribution in [0, 0.1) is 0 Å². The van der Waals surface area contributed by atoms with Crippen molar-refractivity contribution in [3.63, 3.8) is 0 Å². The number of likely N-dealkylation sites (tertiary alicyclic amines) is 1. The Labute approximate surface area is 177 Å². The molecule has 1 unspecified atom stereocenters. The van der Waals surface area contributed by atoms with Crippen molar-refractivity contribution in [3.8, 4) is 11.5 Å². The number of rotatable bonds is 9. The van der Waals surface area contributed by atoms with Gasteiger partial charge in [-0.25, -0.2) is 0 Å². The Bertz CT molecular complexity index is 804. The molecule has 0 spiro atoms. The first-order valence-corrected chi connectivity index (χ1v) is 10.5. The number of Topliss-reactive ketones (excluding diaryl/α,β-unsaturated/α-hetero) is 1. The highest BCUT2D eigenvalue weighted by Crippen LogP contribution is 2.27. The maximum absolute atomic E-state index is 12.6. The highest BCUT2D eigenvalue weighted by atomic mass is 35.5. The van der Waals surface area contributed by atoms with E-state index in [0.717, 1.165) is 18.8 Å². The van der Waals surface area contributed by atoms with Crippen molar-refractivity contribution in [3.05, 3.63) is 58.6 Å². The number of halogens is 1. The summed E-state index contributed by atoms with van der Waals surface area (Å²) in [6, 6.07) is 13.6. The fraction of sp³-hybridized carbons (Fsp3) is 0.435. The van der Waals surface area contributed by atoms with Crippen molar-refractivity contribution in [1.29, 1.82) is 0 Å². The zero-order valence-corrected chi connectivity index (χ0v) is 17.9. The number of methoxy groups -OCH3 is 2.